The Bertz CT molecular complexity index is 292. The quantitative estimate of drug-likeness (QED) is 0.677. The lowest BCUT2D eigenvalue weighted by Gasteiger charge is -2.19. The van der Waals surface area contributed by atoms with E-state index in [0.717, 1.165) is 19.4 Å². The summed E-state index contributed by atoms with van der Waals surface area (Å²) in [5, 5.41) is 0. The van der Waals surface area contributed by atoms with Crippen molar-refractivity contribution in [1.82, 2.24) is 0 Å². The molecular formula is C15H23O. The van der Waals surface area contributed by atoms with Gasteiger partial charge in [-0.2, -0.15) is 0 Å². The van der Waals surface area contributed by atoms with Gasteiger partial charge in [-0.3, -0.25) is 0 Å². The van der Waals surface area contributed by atoms with Gasteiger partial charge in [-0.25, -0.2) is 0 Å². The molecule has 1 radical (unpaired) electrons. The van der Waals surface area contributed by atoms with Crippen LogP contribution in [-0.4, -0.2) is 6.61 Å². The minimum atomic E-state index is 0.229. The highest BCUT2D eigenvalue weighted by Gasteiger charge is 2.12. The lowest BCUT2D eigenvalue weighted by atomic mass is 9.87. The SMILES string of the molecule is [CH2]CCCOCc1ccc(C(C)(C)C)cc1. The molecule has 0 aliphatic rings. The number of ether oxygens (including phenoxy) is 1. The van der Waals surface area contributed by atoms with Gasteiger partial charge in [0.1, 0.15) is 0 Å². The van der Waals surface area contributed by atoms with Crippen molar-refractivity contribution in [2.45, 2.75) is 45.6 Å². The van der Waals surface area contributed by atoms with Crippen LogP contribution < -0.4 is 0 Å². The van der Waals surface area contributed by atoms with Crippen molar-refractivity contribution in [3.05, 3.63) is 42.3 Å². The second-order valence-corrected chi connectivity index (χ2v) is 5.21. The van der Waals surface area contributed by atoms with Gasteiger partial charge in [-0.05, 0) is 23.0 Å². The van der Waals surface area contributed by atoms with Gasteiger partial charge in [0.2, 0.25) is 0 Å². The first-order chi connectivity index (χ1) is 7.54. The van der Waals surface area contributed by atoms with Gasteiger partial charge < -0.3 is 4.74 Å². The van der Waals surface area contributed by atoms with Crippen molar-refractivity contribution in [2.24, 2.45) is 0 Å². The lowest BCUT2D eigenvalue weighted by Crippen LogP contribution is -2.10. The number of benzene rings is 1. The fourth-order valence-corrected chi connectivity index (χ4v) is 1.50. The van der Waals surface area contributed by atoms with Crippen LogP contribution in [0.25, 0.3) is 0 Å². The maximum absolute atomic E-state index is 5.55. The van der Waals surface area contributed by atoms with Crippen LogP contribution in [0.2, 0.25) is 0 Å². The lowest BCUT2D eigenvalue weighted by molar-refractivity contribution is 0.119. The molecule has 0 amide bonds. The highest BCUT2D eigenvalue weighted by atomic mass is 16.5. The zero-order valence-electron chi connectivity index (χ0n) is 10.8. The Hall–Kier alpha value is -0.820. The Balaban J connectivity index is 2.46. The van der Waals surface area contributed by atoms with Gasteiger partial charge in [0.05, 0.1) is 6.61 Å². The standard InChI is InChI=1S/C15H23O/c1-5-6-11-16-12-13-7-9-14(10-8-13)15(2,3)4/h7-10H,1,5-6,11-12H2,2-4H3. The molecule has 0 saturated carbocycles. The van der Waals surface area contributed by atoms with Crippen LogP contribution >= 0.6 is 0 Å². The molecule has 0 aromatic heterocycles. The summed E-state index contributed by atoms with van der Waals surface area (Å²) >= 11 is 0. The van der Waals surface area contributed by atoms with E-state index in [0.29, 0.717) is 6.61 Å². The van der Waals surface area contributed by atoms with Crippen LogP contribution in [0.5, 0.6) is 0 Å². The number of unbranched alkanes of at least 4 members (excludes halogenated alkanes) is 1. The molecule has 1 nitrogen and oxygen atoms in total. The molecule has 1 aromatic carbocycles. The van der Waals surface area contributed by atoms with Gasteiger partial charge in [-0.15, -0.1) is 0 Å². The first-order valence-electron chi connectivity index (χ1n) is 6.00. The molecule has 0 bridgehead atoms. The molecule has 0 saturated heterocycles. The molecule has 0 aliphatic heterocycles. The zero-order valence-corrected chi connectivity index (χ0v) is 10.8. The van der Waals surface area contributed by atoms with Crippen molar-refractivity contribution >= 4 is 0 Å². The van der Waals surface area contributed by atoms with Crippen LogP contribution in [-0.2, 0) is 16.8 Å². The van der Waals surface area contributed by atoms with E-state index < -0.39 is 0 Å². The number of hydrogen-bond donors (Lipinski definition) is 0. The molecule has 0 fully saturated rings. The maximum Gasteiger partial charge on any atom is 0.0716 e. The van der Waals surface area contributed by atoms with E-state index in [1.807, 2.05) is 0 Å². The minimum absolute atomic E-state index is 0.229. The van der Waals surface area contributed by atoms with E-state index in [-0.39, 0.29) is 5.41 Å². The summed E-state index contributed by atoms with van der Waals surface area (Å²) in [6.07, 6.45) is 1.99. The molecule has 0 spiro atoms. The highest BCUT2D eigenvalue weighted by Crippen LogP contribution is 2.22. The van der Waals surface area contributed by atoms with Gasteiger partial charge in [0, 0.05) is 6.61 Å². The van der Waals surface area contributed by atoms with Crippen LogP contribution in [0, 0.1) is 6.92 Å². The largest absolute Gasteiger partial charge is 0.377 e. The Kier molecular flexibility index (Phi) is 5.01. The summed E-state index contributed by atoms with van der Waals surface area (Å²) in [5.41, 5.74) is 2.85. The van der Waals surface area contributed by atoms with Crippen LogP contribution in [0.15, 0.2) is 24.3 Å². The number of rotatable bonds is 5. The summed E-state index contributed by atoms with van der Waals surface area (Å²) in [4.78, 5) is 0. The molecule has 89 valence electrons. The molecule has 1 heteroatoms. The molecule has 0 atom stereocenters. The third kappa shape index (κ3) is 4.36. The summed E-state index contributed by atoms with van der Waals surface area (Å²) in [5.74, 6) is 0. The Morgan fingerprint density at radius 1 is 1.12 bits per heavy atom. The first kappa shape index (κ1) is 13.2. The normalized spacial score (nSPS) is 11.8. The van der Waals surface area contributed by atoms with Crippen molar-refractivity contribution in [3.8, 4) is 0 Å². The monoisotopic (exact) mass is 219 g/mol. The molecular weight excluding hydrogens is 196 g/mol. The predicted octanol–water partition coefficient (Wildman–Crippen LogP) is 4.11. The van der Waals surface area contributed by atoms with E-state index in [4.69, 9.17) is 4.74 Å². The smallest absolute Gasteiger partial charge is 0.0716 e. The van der Waals surface area contributed by atoms with E-state index >= 15 is 0 Å². The second kappa shape index (κ2) is 6.05. The molecule has 16 heavy (non-hydrogen) atoms. The van der Waals surface area contributed by atoms with Crippen LogP contribution in [0.3, 0.4) is 0 Å². The Morgan fingerprint density at radius 2 is 1.75 bits per heavy atom. The Morgan fingerprint density at radius 3 is 2.25 bits per heavy atom. The van der Waals surface area contributed by atoms with Gasteiger partial charge in [-0.1, -0.05) is 58.4 Å². The Labute approximate surface area is 99.8 Å². The molecule has 0 aliphatic carbocycles. The molecule has 1 rings (SSSR count). The van der Waals surface area contributed by atoms with Crippen LogP contribution in [0.1, 0.15) is 44.7 Å². The predicted molar refractivity (Wildman–Crippen MR) is 69.4 cm³/mol. The zero-order chi connectivity index (χ0) is 12.0. The summed E-state index contributed by atoms with van der Waals surface area (Å²) in [7, 11) is 0. The molecule has 0 unspecified atom stereocenters. The van der Waals surface area contributed by atoms with E-state index in [1.54, 1.807) is 0 Å². The van der Waals surface area contributed by atoms with E-state index in [9.17, 15) is 0 Å². The van der Waals surface area contributed by atoms with Gasteiger partial charge >= 0.3 is 0 Å². The topological polar surface area (TPSA) is 9.23 Å². The minimum Gasteiger partial charge on any atom is -0.377 e. The highest BCUT2D eigenvalue weighted by molar-refractivity contribution is 5.27. The van der Waals surface area contributed by atoms with Crippen molar-refractivity contribution in [3.63, 3.8) is 0 Å². The summed E-state index contributed by atoms with van der Waals surface area (Å²) in [6, 6.07) is 8.70. The van der Waals surface area contributed by atoms with E-state index in [1.165, 1.54) is 11.1 Å². The van der Waals surface area contributed by atoms with Crippen molar-refractivity contribution in [2.75, 3.05) is 6.61 Å². The van der Waals surface area contributed by atoms with E-state index in [2.05, 4.69) is 52.0 Å². The number of hydrogen-bond acceptors (Lipinski definition) is 1. The maximum atomic E-state index is 5.55. The second-order valence-electron chi connectivity index (χ2n) is 5.21. The summed E-state index contributed by atoms with van der Waals surface area (Å²) in [6.45, 7) is 12.0. The fraction of sp³-hybridized carbons (Fsp3) is 0.533. The van der Waals surface area contributed by atoms with Crippen molar-refractivity contribution < 1.29 is 4.74 Å². The van der Waals surface area contributed by atoms with Gasteiger partial charge in [0.25, 0.3) is 0 Å². The summed E-state index contributed by atoms with van der Waals surface area (Å²) < 4.78 is 5.55. The molecule has 0 N–H and O–H groups in total. The van der Waals surface area contributed by atoms with Crippen molar-refractivity contribution in [1.29, 1.82) is 0 Å². The first-order valence-corrected chi connectivity index (χ1v) is 6.00. The molecule has 0 heterocycles. The third-order valence-electron chi connectivity index (χ3n) is 2.63. The van der Waals surface area contributed by atoms with Gasteiger partial charge in [0.15, 0.2) is 0 Å². The van der Waals surface area contributed by atoms with Crippen LogP contribution in [0.4, 0.5) is 0 Å². The molecule has 1 aromatic rings. The third-order valence-corrected chi connectivity index (χ3v) is 2.63. The fourth-order valence-electron chi connectivity index (χ4n) is 1.50. The average molecular weight is 219 g/mol. The average Bonchev–Trinajstić information content (AvgIpc) is 2.24.